The van der Waals surface area contributed by atoms with Crippen LogP contribution in [0.5, 0.6) is 0 Å². The van der Waals surface area contributed by atoms with E-state index in [4.69, 9.17) is 30.2 Å². The first-order chi connectivity index (χ1) is 21.2. The zero-order chi connectivity index (χ0) is 31.5. The highest BCUT2D eigenvalue weighted by Gasteiger charge is 2.55. The normalized spacial score (nSPS) is 21.0. The van der Waals surface area contributed by atoms with Crippen LogP contribution in [0.25, 0.3) is 11.2 Å². The zero-order valence-corrected chi connectivity index (χ0v) is 28.4. The van der Waals surface area contributed by atoms with Crippen LogP contribution in [0, 0.1) is 0 Å². The number of benzene rings is 2. The largest absolute Gasteiger partial charge is 0.405 e. The van der Waals surface area contributed by atoms with Gasteiger partial charge < -0.3 is 18.6 Å². The Hall–Kier alpha value is -2.45. The molecule has 236 valence electrons. The van der Waals surface area contributed by atoms with Crippen LogP contribution >= 0.6 is 23.4 Å². The summed E-state index contributed by atoms with van der Waals surface area (Å²) in [7, 11) is -0.0483. The second kappa shape index (κ2) is 13.9. The fourth-order valence-electron chi connectivity index (χ4n) is 5.97. The summed E-state index contributed by atoms with van der Waals surface area (Å²) in [4.78, 5) is 9.06. The number of thioether (sulfide) groups is 1. The van der Waals surface area contributed by atoms with Crippen molar-refractivity contribution in [1.29, 1.82) is 0 Å². The standard InChI is InChI=1S/C31H39ClFN5O4SSi/c1-7-18-43-30-34-27(32)24-28(35-30)38(37-36-24)25-22(42-26(23(25)33)29(39-5)40-6)19-41-44(31(2,3)4,20-14-10-8-11-15-20)21-16-12-9-13-17-21/h8-17,22-23,25-26,29H,7,18-19H2,1-6H3/t22-,23-,25-,26+/m0/s1. The first-order valence-corrected chi connectivity index (χ1v) is 17.9. The minimum absolute atomic E-state index is 0.0760. The van der Waals surface area contributed by atoms with Crippen LogP contribution in [0.15, 0.2) is 65.8 Å². The highest BCUT2D eigenvalue weighted by molar-refractivity contribution is 7.99. The van der Waals surface area contributed by atoms with Gasteiger partial charge in [-0.15, -0.1) is 5.10 Å². The van der Waals surface area contributed by atoms with Crippen LogP contribution in [0.4, 0.5) is 4.39 Å². The van der Waals surface area contributed by atoms with Gasteiger partial charge in [-0.3, -0.25) is 0 Å². The summed E-state index contributed by atoms with van der Waals surface area (Å²) in [6, 6.07) is 19.6. The van der Waals surface area contributed by atoms with Gasteiger partial charge in [-0.1, -0.05) is 117 Å². The highest BCUT2D eigenvalue weighted by Crippen LogP contribution is 2.41. The molecule has 0 N–H and O–H groups in total. The Balaban J connectivity index is 1.60. The molecule has 9 nitrogen and oxygen atoms in total. The van der Waals surface area contributed by atoms with Crippen molar-refractivity contribution in [2.75, 3.05) is 26.6 Å². The Kier molecular flexibility index (Phi) is 10.4. The van der Waals surface area contributed by atoms with Crippen molar-refractivity contribution in [2.24, 2.45) is 0 Å². The van der Waals surface area contributed by atoms with Crippen molar-refractivity contribution in [3.8, 4) is 0 Å². The van der Waals surface area contributed by atoms with E-state index in [0.29, 0.717) is 16.3 Å². The van der Waals surface area contributed by atoms with Gasteiger partial charge >= 0.3 is 0 Å². The quantitative estimate of drug-likeness (QED) is 0.0667. The SMILES string of the molecule is CCCSc1nc(Cl)c2nnn([C@@H]3[C@H](F)[C@H](C(OC)OC)O[C@H]3CO[Si](c3ccccc3)(c3ccccc3)C(C)(C)C)c2n1. The number of nitrogens with zero attached hydrogens (tertiary/aromatic N) is 5. The number of hydrogen-bond acceptors (Lipinski definition) is 9. The van der Waals surface area contributed by atoms with Crippen molar-refractivity contribution in [3.05, 3.63) is 65.8 Å². The predicted octanol–water partition coefficient (Wildman–Crippen LogP) is 5.22. The maximum Gasteiger partial charge on any atom is 0.261 e. The summed E-state index contributed by atoms with van der Waals surface area (Å²) < 4.78 is 42.6. The fourth-order valence-corrected chi connectivity index (χ4v) is 11.5. The summed E-state index contributed by atoms with van der Waals surface area (Å²) in [5.74, 6) is 0.808. The maximum atomic E-state index is 16.6. The number of ether oxygens (including phenoxy) is 3. The number of hydrogen-bond donors (Lipinski definition) is 0. The molecule has 44 heavy (non-hydrogen) atoms. The highest BCUT2D eigenvalue weighted by atomic mass is 35.5. The smallest absolute Gasteiger partial charge is 0.261 e. The van der Waals surface area contributed by atoms with Gasteiger partial charge in [0.15, 0.2) is 33.9 Å². The van der Waals surface area contributed by atoms with E-state index in [-0.39, 0.29) is 16.8 Å². The molecular weight excluding hydrogens is 621 g/mol. The third kappa shape index (κ3) is 6.18. The van der Waals surface area contributed by atoms with Crippen molar-refractivity contribution < 1.29 is 23.0 Å². The van der Waals surface area contributed by atoms with E-state index in [1.807, 2.05) is 36.4 Å². The number of halogens is 2. The molecule has 0 spiro atoms. The van der Waals surface area contributed by atoms with Crippen LogP contribution in [-0.4, -0.2) is 84.5 Å². The number of rotatable bonds is 12. The van der Waals surface area contributed by atoms with Crippen LogP contribution in [0.3, 0.4) is 0 Å². The van der Waals surface area contributed by atoms with Gasteiger partial charge in [0.05, 0.1) is 6.61 Å². The third-order valence-electron chi connectivity index (χ3n) is 7.95. The van der Waals surface area contributed by atoms with Crippen molar-refractivity contribution in [1.82, 2.24) is 25.0 Å². The molecule has 5 rings (SSSR count). The van der Waals surface area contributed by atoms with Crippen LogP contribution in [0.2, 0.25) is 10.2 Å². The summed E-state index contributed by atoms with van der Waals surface area (Å²) in [6.45, 7) is 8.72. The summed E-state index contributed by atoms with van der Waals surface area (Å²) >= 11 is 7.97. The van der Waals surface area contributed by atoms with Crippen molar-refractivity contribution >= 4 is 53.2 Å². The van der Waals surface area contributed by atoms with E-state index < -0.39 is 39.0 Å². The van der Waals surface area contributed by atoms with E-state index in [1.54, 1.807) is 0 Å². The minimum atomic E-state index is -2.97. The lowest BCUT2D eigenvalue weighted by molar-refractivity contribution is -0.187. The number of alkyl halides is 1. The van der Waals surface area contributed by atoms with Gasteiger partial charge in [0.25, 0.3) is 8.32 Å². The first kappa shape index (κ1) is 32.9. The van der Waals surface area contributed by atoms with Crippen molar-refractivity contribution in [2.45, 2.75) is 75.0 Å². The lowest BCUT2D eigenvalue weighted by Crippen LogP contribution is -2.67. The van der Waals surface area contributed by atoms with Gasteiger partial charge in [-0.2, -0.15) is 0 Å². The monoisotopic (exact) mass is 659 g/mol. The van der Waals surface area contributed by atoms with Crippen LogP contribution < -0.4 is 10.4 Å². The molecule has 1 saturated heterocycles. The summed E-state index contributed by atoms with van der Waals surface area (Å²) in [5, 5.41) is 11.1. The van der Waals surface area contributed by atoms with Gasteiger partial charge in [-0.05, 0) is 21.8 Å². The molecule has 0 radical (unpaired) electrons. The number of fused-ring (bicyclic) bond motifs is 1. The molecule has 3 heterocycles. The van der Waals surface area contributed by atoms with Crippen LogP contribution in [0.1, 0.15) is 40.2 Å². The van der Waals surface area contributed by atoms with Crippen molar-refractivity contribution in [3.63, 3.8) is 0 Å². The van der Waals surface area contributed by atoms with Gasteiger partial charge in [-0.25, -0.2) is 19.0 Å². The number of aromatic nitrogens is 5. The molecule has 1 aliphatic heterocycles. The zero-order valence-electron chi connectivity index (χ0n) is 25.8. The third-order valence-corrected chi connectivity index (χ3v) is 14.3. The molecule has 0 aliphatic carbocycles. The first-order valence-electron chi connectivity index (χ1n) is 14.7. The van der Waals surface area contributed by atoms with Gasteiger partial charge in [0.1, 0.15) is 18.2 Å². The molecule has 4 atom stereocenters. The Morgan fingerprint density at radius 1 is 1.02 bits per heavy atom. The second-order valence-corrected chi connectivity index (χ2v) is 17.5. The average Bonchev–Trinajstić information content (AvgIpc) is 3.58. The van der Waals surface area contributed by atoms with Crippen LogP contribution in [-0.2, 0) is 18.6 Å². The second-order valence-electron chi connectivity index (χ2n) is 11.7. The van der Waals surface area contributed by atoms with E-state index in [1.165, 1.54) is 30.7 Å². The average molecular weight is 660 g/mol. The summed E-state index contributed by atoms with van der Waals surface area (Å²) in [5.41, 5.74) is 0.632. The molecule has 1 fully saturated rings. The predicted molar refractivity (Wildman–Crippen MR) is 173 cm³/mol. The molecule has 2 aromatic carbocycles. The van der Waals surface area contributed by atoms with E-state index in [9.17, 15) is 0 Å². The Morgan fingerprint density at radius 2 is 1.64 bits per heavy atom. The maximum absolute atomic E-state index is 16.6. The summed E-state index contributed by atoms with van der Waals surface area (Å²) in [6.07, 6.45) is -3.43. The lowest BCUT2D eigenvalue weighted by Gasteiger charge is -2.43. The van der Waals surface area contributed by atoms with E-state index >= 15 is 4.39 Å². The molecule has 0 unspecified atom stereocenters. The molecule has 1 aliphatic rings. The molecular formula is C31H39ClFN5O4SSi. The molecule has 2 aromatic heterocycles. The Bertz CT molecular complexity index is 1490. The van der Waals surface area contributed by atoms with E-state index in [0.717, 1.165) is 22.5 Å². The topological polar surface area (TPSA) is 93.4 Å². The Morgan fingerprint density at radius 3 is 2.18 bits per heavy atom. The molecule has 0 saturated carbocycles. The Labute approximate surface area is 267 Å². The fraction of sp³-hybridized carbons (Fsp3) is 0.484. The van der Waals surface area contributed by atoms with E-state index in [2.05, 4.69) is 72.2 Å². The molecule has 4 aromatic rings. The lowest BCUT2D eigenvalue weighted by atomic mass is 10.1. The van der Waals surface area contributed by atoms with Gasteiger partial charge in [0, 0.05) is 20.0 Å². The number of methoxy groups -OCH3 is 2. The van der Waals surface area contributed by atoms with Gasteiger partial charge in [0.2, 0.25) is 0 Å². The molecule has 0 bridgehead atoms. The minimum Gasteiger partial charge on any atom is -0.405 e. The molecule has 13 heteroatoms. The molecule has 0 amide bonds.